The normalized spacial score (nSPS) is 16.4. The lowest BCUT2D eigenvalue weighted by Gasteiger charge is -2.34. The Morgan fingerprint density at radius 2 is 2.05 bits per heavy atom. The van der Waals surface area contributed by atoms with E-state index in [0.717, 1.165) is 51.6 Å². The third-order valence-corrected chi connectivity index (χ3v) is 3.49. The molecule has 0 aromatic carbocycles. The van der Waals surface area contributed by atoms with E-state index in [1.54, 1.807) is 12.3 Å². The highest BCUT2D eigenvalue weighted by Gasteiger charge is 2.18. The molecule has 0 spiro atoms. The zero-order chi connectivity index (χ0) is 14.2. The van der Waals surface area contributed by atoms with E-state index in [2.05, 4.69) is 19.8 Å². The van der Waals surface area contributed by atoms with Crippen molar-refractivity contribution in [3.63, 3.8) is 0 Å². The molecule has 0 aliphatic carbocycles. The minimum absolute atomic E-state index is 0.630. The fraction of sp³-hybridized carbons (Fsp3) is 0.714. The first-order valence-corrected chi connectivity index (χ1v) is 7.46. The van der Waals surface area contributed by atoms with E-state index >= 15 is 0 Å². The van der Waals surface area contributed by atoms with Crippen LogP contribution in [-0.4, -0.2) is 60.7 Å². The van der Waals surface area contributed by atoms with Gasteiger partial charge in [0.2, 0.25) is 11.8 Å². The van der Waals surface area contributed by atoms with Crippen molar-refractivity contribution >= 4 is 5.95 Å². The van der Waals surface area contributed by atoms with E-state index in [1.165, 1.54) is 6.42 Å². The average Bonchev–Trinajstić information content (AvgIpc) is 2.49. The Labute approximate surface area is 120 Å². The largest absolute Gasteiger partial charge is 0.478 e. The Balaban J connectivity index is 1.82. The minimum Gasteiger partial charge on any atom is -0.478 e. The van der Waals surface area contributed by atoms with Crippen molar-refractivity contribution in [3.8, 4) is 5.88 Å². The van der Waals surface area contributed by atoms with Crippen LogP contribution in [0.25, 0.3) is 0 Å². The molecule has 2 N–H and O–H groups in total. The van der Waals surface area contributed by atoms with Crippen LogP contribution in [0, 0.1) is 0 Å². The summed E-state index contributed by atoms with van der Waals surface area (Å²) in [5.74, 6) is 1.43. The summed E-state index contributed by atoms with van der Waals surface area (Å²) in [6.07, 6.45) is 4.06. The maximum atomic E-state index is 5.53. The van der Waals surface area contributed by atoms with Crippen LogP contribution < -0.4 is 15.4 Å². The zero-order valence-electron chi connectivity index (χ0n) is 12.3. The quantitative estimate of drug-likeness (QED) is 0.742. The highest BCUT2D eigenvalue weighted by atomic mass is 16.5. The number of piperazine rings is 1. The van der Waals surface area contributed by atoms with E-state index in [-0.39, 0.29) is 0 Å². The molecule has 1 saturated heterocycles. The molecule has 1 aliphatic heterocycles. The first kappa shape index (κ1) is 15.0. The van der Waals surface area contributed by atoms with Gasteiger partial charge in [-0.05, 0) is 32.9 Å². The second-order valence-corrected chi connectivity index (χ2v) is 4.95. The van der Waals surface area contributed by atoms with E-state index in [9.17, 15) is 0 Å². The molecule has 0 saturated carbocycles. The molecule has 0 amide bonds. The number of unbranched alkanes of at least 4 members (excludes halogenated alkanes) is 1. The standard InChI is InChI=1S/C14H25N5O/c1-2-20-13-5-7-16-14(17-13)19-11-9-18(10-12-19)8-4-3-6-15/h5,7H,2-4,6,8-12,15H2,1H3. The minimum atomic E-state index is 0.630. The number of ether oxygens (including phenoxy) is 1. The van der Waals surface area contributed by atoms with Gasteiger partial charge in [-0.1, -0.05) is 0 Å². The zero-order valence-corrected chi connectivity index (χ0v) is 12.3. The van der Waals surface area contributed by atoms with Gasteiger partial charge in [0, 0.05) is 38.4 Å². The number of aromatic nitrogens is 2. The summed E-state index contributed by atoms with van der Waals surface area (Å²) >= 11 is 0. The van der Waals surface area contributed by atoms with Gasteiger partial charge in [-0.15, -0.1) is 0 Å². The topological polar surface area (TPSA) is 67.5 Å². The van der Waals surface area contributed by atoms with Crippen molar-refractivity contribution < 1.29 is 4.74 Å². The molecule has 1 aromatic heterocycles. The van der Waals surface area contributed by atoms with Gasteiger partial charge >= 0.3 is 0 Å². The SMILES string of the molecule is CCOc1ccnc(N2CCN(CCCCN)CC2)n1. The van der Waals surface area contributed by atoms with Gasteiger partial charge in [-0.25, -0.2) is 4.98 Å². The number of nitrogens with zero attached hydrogens (tertiary/aromatic N) is 4. The van der Waals surface area contributed by atoms with E-state index in [1.807, 2.05) is 6.92 Å². The second-order valence-electron chi connectivity index (χ2n) is 4.95. The van der Waals surface area contributed by atoms with Crippen LogP contribution in [0.1, 0.15) is 19.8 Å². The molecule has 1 aliphatic rings. The van der Waals surface area contributed by atoms with Crippen molar-refractivity contribution in [1.29, 1.82) is 0 Å². The molecular formula is C14H25N5O. The van der Waals surface area contributed by atoms with Crippen LogP contribution in [0.4, 0.5) is 5.95 Å². The number of nitrogens with two attached hydrogens (primary N) is 1. The van der Waals surface area contributed by atoms with Crippen LogP contribution in [0.15, 0.2) is 12.3 Å². The maximum Gasteiger partial charge on any atom is 0.228 e. The summed E-state index contributed by atoms with van der Waals surface area (Å²) < 4.78 is 5.42. The highest BCUT2D eigenvalue weighted by molar-refractivity contribution is 5.32. The van der Waals surface area contributed by atoms with E-state index in [0.29, 0.717) is 12.5 Å². The summed E-state index contributed by atoms with van der Waals surface area (Å²) in [6, 6.07) is 1.80. The van der Waals surface area contributed by atoms with Gasteiger partial charge in [0.1, 0.15) is 0 Å². The monoisotopic (exact) mass is 279 g/mol. The molecule has 1 fully saturated rings. The van der Waals surface area contributed by atoms with Gasteiger partial charge in [-0.2, -0.15) is 4.98 Å². The number of hydrogen-bond donors (Lipinski definition) is 1. The Morgan fingerprint density at radius 3 is 2.75 bits per heavy atom. The Bertz CT molecular complexity index is 393. The fourth-order valence-electron chi connectivity index (χ4n) is 2.36. The van der Waals surface area contributed by atoms with Crippen LogP contribution in [0.2, 0.25) is 0 Å². The van der Waals surface area contributed by atoms with Crippen molar-refractivity contribution in [2.24, 2.45) is 5.73 Å². The number of anilines is 1. The lowest BCUT2D eigenvalue weighted by Crippen LogP contribution is -2.47. The smallest absolute Gasteiger partial charge is 0.228 e. The van der Waals surface area contributed by atoms with Crippen molar-refractivity contribution in [2.75, 3.05) is 50.8 Å². The molecule has 0 unspecified atom stereocenters. The fourth-order valence-corrected chi connectivity index (χ4v) is 2.36. The third-order valence-electron chi connectivity index (χ3n) is 3.49. The first-order chi connectivity index (χ1) is 9.83. The molecule has 6 heteroatoms. The predicted molar refractivity (Wildman–Crippen MR) is 80.1 cm³/mol. The molecule has 1 aromatic rings. The summed E-state index contributed by atoms with van der Waals surface area (Å²) in [5, 5.41) is 0. The maximum absolute atomic E-state index is 5.53. The van der Waals surface area contributed by atoms with Crippen molar-refractivity contribution in [3.05, 3.63) is 12.3 Å². The van der Waals surface area contributed by atoms with Crippen LogP contribution in [-0.2, 0) is 0 Å². The predicted octanol–water partition coefficient (Wildman–Crippen LogP) is 0.736. The van der Waals surface area contributed by atoms with Gasteiger partial charge in [0.05, 0.1) is 6.61 Å². The molecule has 112 valence electrons. The third kappa shape index (κ3) is 4.31. The molecular weight excluding hydrogens is 254 g/mol. The Morgan fingerprint density at radius 1 is 1.25 bits per heavy atom. The molecule has 2 rings (SSSR count). The van der Waals surface area contributed by atoms with Gasteiger partial charge in [0.15, 0.2) is 0 Å². The van der Waals surface area contributed by atoms with E-state index in [4.69, 9.17) is 10.5 Å². The lowest BCUT2D eigenvalue weighted by atomic mass is 10.2. The van der Waals surface area contributed by atoms with Gasteiger partial charge in [-0.3, -0.25) is 4.90 Å². The van der Waals surface area contributed by atoms with Gasteiger partial charge in [0.25, 0.3) is 0 Å². The summed E-state index contributed by atoms with van der Waals surface area (Å²) in [5.41, 5.74) is 5.53. The van der Waals surface area contributed by atoms with Gasteiger partial charge < -0.3 is 15.4 Å². The van der Waals surface area contributed by atoms with Crippen molar-refractivity contribution in [1.82, 2.24) is 14.9 Å². The number of hydrogen-bond acceptors (Lipinski definition) is 6. The second kappa shape index (κ2) is 8.01. The summed E-state index contributed by atoms with van der Waals surface area (Å²) in [7, 11) is 0. The molecule has 2 heterocycles. The molecule has 6 nitrogen and oxygen atoms in total. The first-order valence-electron chi connectivity index (χ1n) is 7.46. The van der Waals surface area contributed by atoms with Crippen LogP contribution in [0.3, 0.4) is 0 Å². The molecule has 0 bridgehead atoms. The number of rotatable bonds is 7. The molecule has 0 atom stereocenters. The van der Waals surface area contributed by atoms with Crippen LogP contribution >= 0.6 is 0 Å². The average molecular weight is 279 g/mol. The summed E-state index contributed by atoms with van der Waals surface area (Å²) in [6.45, 7) is 8.59. The molecule has 0 radical (unpaired) electrons. The van der Waals surface area contributed by atoms with Crippen molar-refractivity contribution in [2.45, 2.75) is 19.8 Å². The highest BCUT2D eigenvalue weighted by Crippen LogP contribution is 2.14. The molecule has 20 heavy (non-hydrogen) atoms. The Hall–Kier alpha value is -1.40. The lowest BCUT2D eigenvalue weighted by molar-refractivity contribution is 0.252. The Kier molecular flexibility index (Phi) is 6.01. The van der Waals surface area contributed by atoms with Crippen LogP contribution in [0.5, 0.6) is 5.88 Å². The van der Waals surface area contributed by atoms with E-state index < -0.39 is 0 Å². The summed E-state index contributed by atoms with van der Waals surface area (Å²) in [4.78, 5) is 13.5.